The molecule has 1 amide bonds. The van der Waals surface area contributed by atoms with Gasteiger partial charge in [-0.15, -0.1) is 0 Å². The van der Waals surface area contributed by atoms with Crippen molar-refractivity contribution in [3.05, 3.63) is 35.9 Å². The molecule has 2 unspecified atom stereocenters. The summed E-state index contributed by atoms with van der Waals surface area (Å²) in [6.07, 6.45) is 1.29. The fourth-order valence-corrected chi connectivity index (χ4v) is 2.43. The fourth-order valence-electron chi connectivity index (χ4n) is 2.43. The average molecular weight is 234 g/mol. The van der Waals surface area contributed by atoms with E-state index in [0.29, 0.717) is 19.4 Å². The first kappa shape index (κ1) is 12.1. The van der Waals surface area contributed by atoms with Crippen LogP contribution in [0.5, 0.6) is 0 Å². The van der Waals surface area contributed by atoms with Gasteiger partial charge in [-0.05, 0) is 19.0 Å². The smallest absolute Gasteiger partial charge is 0.207 e. The number of amides is 1. The summed E-state index contributed by atoms with van der Waals surface area (Å²) in [6, 6.07) is 9.29. The molecule has 1 aromatic carbocycles. The van der Waals surface area contributed by atoms with E-state index in [1.165, 1.54) is 0 Å². The number of carbonyl (C=O) groups is 1. The lowest BCUT2D eigenvalue weighted by Crippen LogP contribution is -2.58. The molecule has 92 valence electrons. The lowest BCUT2D eigenvalue weighted by Gasteiger charge is -2.43. The van der Waals surface area contributed by atoms with Crippen LogP contribution in [0, 0.1) is 0 Å². The number of hydrogen-bond donors (Lipinski definition) is 2. The minimum absolute atomic E-state index is 0.263. The normalized spacial score (nSPS) is 29.9. The predicted molar refractivity (Wildman–Crippen MR) is 65.4 cm³/mol. The van der Waals surface area contributed by atoms with E-state index in [-0.39, 0.29) is 6.04 Å². The SMILES string of the molecule is CN1CCC(O)(c2ccccc2)C(NC=O)C1. The van der Waals surface area contributed by atoms with Crippen LogP contribution in [-0.2, 0) is 10.4 Å². The van der Waals surface area contributed by atoms with E-state index in [0.717, 1.165) is 12.1 Å². The van der Waals surface area contributed by atoms with E-state index >= 15 is 0 Å². The molecule has 0 aliphatic carbocycles. The number of nitrogens with zero attached hydrogens (tertiary/aromatic N) is 1. The zero-order valence-electron chi connectivity index (χ0n) is 9.97. The van der Waals surface area contributed by atoms with Crippen molar-refractivity contribution in [1.29, 1.82) is 0 Å². The van der Waals surface area contributed by atoms with Gasteiger partial charge in [0.2, 0.25) is 6.41 Å². The van der Waals surface area contributed by atoms with Gasteiger partial charge >= 0.3 is 0 Å². The molecule has 1 saturated heterocycles. The number of aliphatic hydroxyl groups is 1. The first-order valence-corrected chi connectivity index (χ1v) is 5.83. The standard InChI is InChI=1S/C13H18N2O2/c1-15-8-7-13(17,12(9-15)14-10-16)11-5-3-2-4-6-11/h2-6,10,12,17H,7-9H2,1H3,(H,14,16). The summed E-state index contributed by atoms with van der Waals surface area (Å²) in [5, 5.41) is 13.5. The van der Waals surface area contributed by atoms with E-state index in [4.69, 9.17) is 0 Å². The van der Waals surface area contributed by atoms with Crippen LogP contribution < -0.4 is 5.32 Å². The zero-order valence-corrected chi connectivity index (χ0v) is 9.97. The van der Waals surface area contributed by atoms with Crippen LogP contribution in [-0.4, -0.2) is 42.6 Å². The van der Waals surface area contributed by atoms with Gasteiger partial charge in [-0.3, -0.25) is 4.79 Å². The van der Waals surface area contributed by atoms with Gasteiger partial charge in [-0.25, -0.2) is 0 Å². The number of rotatable bonds is 3. The van der Waals surface area contributed by atoms with E-state index < -0.39 is 5.60 Å². The molecule has 2 rings (SSSR count). The first-order valence-electron chi connectivity index (χ1n) is 5.83. The Bertz CT molecular complexity index is 382. The molecule has 4 heteroatoms. The second-order valence-corrected chi connectivity index (χ2v) is 4.64. The molecule has 17 heavy (non-hydrogen) atoms. The van der Waals surface area contributed by atoms with Gasteiger partial charge in [0.25, 0.3) is 0 Å². The number of carbonyl (C=O) groups excluding carboxylic acids is 1. The third-order valence-corrected chi connectivity index (χ3v) is 3.49. The fraction of sp³-hybridized carbons (Fsp3) is 0.462. The van der Waals surface area contributed by atoms with Gasteiger partial charge < -0.3 is 15.3 Å². The molecule has 4 nitrogen and oxygen atoms in total. The van der Waals surface area contributed by atoms with Crippen molar-refractivity contribution in [2.75, 3.05) is 20.1 Å². The quantitative estimate of drug-likeness (QED) is 0.741. The van der Waals surface area contributed by atoms with Crippen LogP contribution in [0.3, 0.4) is 0 Å². The zero-order chi connectivity index (χ0) is 12.3. The highest BCUT2D eigenvalue weighted by Gasteiger charge is 2.41. The summed E-state index contributed by atoms with van der Waals surface area (Å²) in [6.45, 7) is 1.48. The number of likely N-dealkylation sites (tertiary alicyclic amines) is 1. The van der Waals surface area contributed by atoms with Gasteiger partial charge in [0, 0.05) is 13.1 Å². The summed E-state index contributed by atoms with van der Waals surface area (Å²) < 4.78 is 0. The van der Waals surface area contributed by atoms with Crippen LogP contribution in [0.25, 0.3) is 0 Å². The molecule has 1 aliphatic rings. The molecule has 1 fully saturated rings. The number of piperidine rings is 1. The van der Waals surface area contributed by atoms with Gasteiger partial charge in [0.15, 0.2) is 0 Å². The maximum absolute atomic E-state index is 10.8. The highest BCUT2D eigenvalue weighted by atomic mass is 16.3. The average Bonchev–Trinajstić information content (AvgIpc) is 2.35. The first-order chi connectivity index (χ1) is 8.16. The second kappa shape index (κ2) is 4.85. The third-order valence-electron chi connectivity index (χ3n) is 3.49. The number of hydrogen-bond acceptors (Lipinski definition) is 3. The largest absolute Gasteiger partial charge is 0.383 e. The van der Waals surface area contributed by atoms with Crippen molar-refractivity contribution >= 4 is 6.41 Å². The van der Waals surface area contributed by atoms with Gasteiger partial charge in [0.05, 0.1) is 6.04 Å². The predicted octanol–water partition coefficient (Wildman–Crippen LogP) is 0.324. The summed E-state index contributed by atoms with van der Waals surface area (Å²) in [7, 11) is 1.99. The Labute approximate surface area is 101 Å². The van der Waals surface area contributed by atoms with Gasteiger partial charge in [0.1, 0.15) is 5.60 Å². The molecule has 0 aromatic heterocycles. The van der Waals surface area contributed by atoms with E-state index in [1.54, 1.807) is 0 Å². The third kappa shape index (κ3) is 2.33. The number of likely N-dealkylation sites (N-methyl/N-ethyl adjacent to an activating group) is 1. The minimum Gasteiger partial charge on any atom is -0.383 e. The Morgan fingerprint density at radius 2 is 2.18 bits per heavy atom. The molecule has 1 heterocycles. The Hall–Kier alpha value is -1.39. The summed E-state index contributed by atoms with van der Waals surface area (Å²) >= 11 is 0. The van der Waals surface area contributed by atoms with E-state index in [2.05, 4.69) is 10.2 Å². The Balaban J connectivity index is 2.29. The van der Waals surface area contributed by atoms with Crippen molar-refractivity contribution in [1.82, 2.24) is 10.2 Å². The highest BCUT2D eigenvalue weighted by molar-refractivity contribution is 5.48. The topological polar surface area (TPSA) is 52.6 Å². The molecule has 0 bridgehead atoms. The van der Waals surface area contributed by atoms with Crippen LogP contribution >= 0.6 is 0 Å². The minimum atomic E-state index is -0.964. The number of nitrogens with one attached hydrogen (secondary N) is 1. The van der Waals surface area contributed by atoms with Crippen LogP contribution in [0.4, 0.5) is 0 Å². The lowest BCUT2D eigenvalue weighted by molar-refractivity contribution is -0.115. The molecular formula is C13H18N2O2. The van der Waals surface area contributed by atoms with Crippen molar-refractivity contribution in [3.8, 4) is 0 Å². The number of benzene rings is 1. The van der Waals surface area contributed by atoms with Crippen molar-refractivity contribution < 1.29 is 9.90 Å². The summed E-state index contributed by atoms with van der Waals surface area (Å²) in [5.74, 6) is 0. The Morgan fingerprint density at radius 3 is 2.82 bits per heavy atom. The van der Waals surface area contributed by atoms with Crippen LogP contribution in [0.2, 0.25) is 0 Å². The maximum atomic E-state index is 10.8. The van der Waals surface area contributed by atoms with Crippen molar-refractivity contribution in [2.24, 2.45) is 0 Å². The van der Waals surface area contributed by atoms with E-state index in [1.807, 2.05) is 37.4 Å². The summed E-state index contributed by atoms with van der Waals surface area (Å²) in [4.78, 5) is 12.8. The second-order valence-electron chi connectivity index (χ2n) is 4.64. The molecule has 1 aromatic rings. The maximum Gasteiger partial charge on any atom is 0.207 e. The van der Waals surface area contributed by atoms with Crippen molar-refractivity contribution in [2.45, 2.75) is 18.1 Å². The Kier molecular flexibility index (Phi) is 3.45. The summed E-state index contributed by atoms with van der Waals surface area (Å²) in [5.41, 5.74) is -0.0956. The lowest BCUT2D eigenvalue weighted by atomic mass is 9.80. The molecule has 0 spiro atoms. The van der Waals surface area contributed by atoms with Gasteiger partial charge in [-0.2, -0.15) is 0 Å². The Morgan fingerprint density at radius 1 is 1.47 bits per heavy atom. The van der Waals surface area contributed by atoms with E-state index in [9.17, 15) is 9.90 Å². The molecular weight excluding hydrogens is 216 g/mol. The van der Waals surface area contributed by atoms with Crippen LogP contribution in [0.15, 0.2) is 30.3 Å². The molecule has 1 aliphatic heterocycles. The molecule has 2 N–H and O–H groups in total. The van der Waals surface area contributed by atoms with Crippen molar-refractivity contribution in [3.63, 3.8) is 0 Å². The highest BCUT2D eigenvalue weighted by Crippen LogP contribution is 2.32. The van der Waals surface area contributed by atoms with Gasteiger partial charge in [-0.1, -0.05) is 30.3 Å². The molecule has 0 radical (unpaired) electrons. The molecule has 2 atom stereocenters. The molecule has 0 saturated carbocycles. The monoisotopic (exact) mass is 234 g/mol. The van der Waals surface area contributed by atoms with Crippen LogP contribution in [0.1, 0.15) is 12.0 Å².